The molecule has 0 aromatic heterocycles. The zero-order valence-corrected chi connectivity index (χ0v) is 9.50. The van der Waals surface area contributed by atoms with Crippen LogP contribution in [-0.2, 0) is 0 Å². The molecule has 0 radical (unpaired) electrons. The summed E-state index contributed by atoms with van der Waals surface area (Å²) in [7, 11) is 0. The molecule has 1 fully saturated rings. The van der Waals surface area contributed by atoms with Crippen LogP contribution in [0.1, 0.15) is 37.3 Å². The van der Waals surface area contributed by atoms with Crippen LogP contribution in [0, 0.1) is 16.0 Å². The van der Waals surface area contributed by atoms with Gasteiger partial charge in [-0.3, -0.25) is 10.1 Å². The molecule has 0 bridgehead atoms. The van der Waals surface area contributed by atoms with Gasteiger partial charge < -0.3 is 10.8 Å². The molecule has 0 aliphatic heterocycles. The average molecular weight is 236 g/mol. The summed E-state index contributed by atoms with van der Waals surface area (Å²) in [5.41, 5.74) is 6.56. The highest BCUT2D eigenvalue weighted by atomic mass is 16.6. The SMILES string of the molecule is N[C@H](c1cc([N+](=O)[O-])ccc1O)C1CCCC1. The van der Waals surface area contributed by atoms with Crippen LogP contribution in [0.2, 0.25) is 0 Å². The molecular formula is C12H16N2O3. The summed E-state index contributed by atoms with van der Waals surface area (Å²) in [6, 6.07) is 3.72. The second-order valence-corrected chi connectivity index (χ2v) is 4.57. The van der Waals surface area contributed by atoms with Gasteiger partial charge in [0.15, 0.2) is 0 Å². The topological polar surface area (TPSA) is 89.4 Å². The fourth-order valence-electron chi connectivity index (χ4n) is 2.49. The lowest BCUT2D eigenvalue weighted by Gasteiger charge is -2.19. The van der Waals surface area contributed by atoms with Crippen LogP contribution in [0.15, 0.2) is 18.2 Å². The molecule has 2 rings (SSSR count). The Labute approximate surface area is 99.4 Å². The molecule has 0 spiro atoms. The van der Waals surface area contributed by atoms with Crippen LogP contribution < -0.4 is 5.73 Å². The number of hydrogen-bond acceptors (Lipinski definition) is 4. The van der Waals surface area contributed by atoms with Crippen molar-refractivity contribution in [3.05, 3.63) is 33.9 Å². The van der Waals surface area contributed by atoms with Gasteiger partial charge in [-0.15, -0.1) is 0 Å². The normalized spacial score (nSPS) is 18.2. The third-order valence-corrected chi connectivity index (χ3v) is 3.49. The van der Waals surface area contributed by atoms with E-state index in [0.717, 1.165) is 25.7 Å². The standard InChI is InChI=1S/C12H16N2O3/c13-12(8-3-1-2-4-8)10-7-9(14(16)17)5-6-11(10)15/h5-8,12,15H,1-4,13H2/t12-/m0/s1. The van der Waals surface area contributed by atoms with Gasteiger partial charge in [0.25, 0.3) is 5.69 Å². The first-order valence-electron chi connectivity index (χ1n) is 5.82. The molecule has 1 aliphatic carbocycles. The van der Waals surface area contributed by atoms with Crippen molar-refractivity contribution in [3.8, 4) is 5.75 Å². The largest absolute Gasteiger partial charge is 0.508 e. The van der Waals surface area contributed by atoms with E-state index in [2.05, 4.69) is 0 Å². The van der Waals surface area contributed by atoms with Crippen molar-refractivity contribution < 1.29 is 10.0 Å². The number of phenolic OH excluding ortho intramolecular Hbond substituents is 1. The van der Waals surface area contributed by atoms with Gasteiger partial charge in [-0.1, -0.05) is 12.8 Å². The van der Waals surface area contributed by atoms with Crippen molar-refractivity contribution in [2.75, 3.05) is 0 Å². The number of phenols is 1. The Morgan fingerprint density at radius 1 is 1.41 bits per heavy atom. The quantitative estimate of drug-likeness (QED) is 0.623. The van der Waals surface area contributed by atoms with Gasteiger partial charge >= 0.3 is 0 Å². The number of rotatable bonds is 3. The zero-order valence-electron chi connectivity index (χ0n) is 9.50. The summed E-state index contributed by atoms with van der Waals surface area (Å²) in [6.07, 6.45) is 4.36. The minimum Gasteiger partial charge on any atom is -0.508 e. The summed E-state index contributed by atoms with van der Waals surface area (Å²) in [5, 5.41) is 20.4. The van der Waals surface area contributed by atoms with E-state index in [0.29, 0.717) is 11.5 Å². The number of nitro groups is 1. The lowest BCUT2D eigenvalue weighted by atomic mass is 9.91. The molecule has 1 saturated carbocycles. The third kappa shape index (κ3) is 2.39. The number of nitrogens with zero attached hydrogens (tertiary/aromatic N) is 1. The molecule has 5 heteroatoms. The Bertz CT molecular complexity index is 428. The van der Waals surface area contributed by atoms with Crippen LogP contribution in [0.25, 0.3) is 0 Å². The van der Waals surface area contributed by atoms with Gasteiger partial charge in [0.1, 0.15) is 5.75 Å². The van der Waals surface area contributed by atoms with E-state index in [1.165, 1.54) is 18.2 Å². The highest BCUT2D eigenvalue weighted by molar-refractivity contribution is 5.44. The van der Waals surface area contributed by atoms with Crippen LogP contribution in [0.5, 0.6) is 5.75 Å². The predicted molar refractivity (Wildman–Crippen MR) is 63.6 cm³/mol. The van der Waals surface area contributed by atoms with Crippen LogP contribution in [0.4, 0.5) is 5.69 Å². The van der Waals surface area contributed by atoms with Gasteiger partial charge in [-0.2, -0.15) is 0 Å². The lowest BCUT2D eigenvalue weighted by Crippen LogP contribution is -2.19. The summed E-state index contributed by atoms with van der Waals surface area (Å²) < 4.78 is 0. The molecule has 1 aromatic carbocycles. The number of non-ortho nitro benzene ring substituents is 1. The molecule has 3 N–H and O–H groups in total. The summed E-state index contributed by atoms with van der Waals surface area (Å²) in [4.78, 5) is 10.2. The van der Waals surface area contributed by atoms with Crippen LogP contribution >= 0.6 is 0 Å². The maximum Gasteiger partial charge on any atom is 0.270 e. The Morgan fingerprint density at radius 2 is 2.06 bits per heavy atom. The van der Waals surface area contributed by atoms with Gasteiger partial charge in [-0.25, -0.2) is 0 Å². The number of hydrogen-bond donors (Lipinski definition) is 2. The van der Waals surface area contributed by atoms with Gasteiger partial charge in [0.2, 0.25) is 0 Å². The van der Waals surface area contributed by atoms with Crippen molar-refractivity contribution in [2.24, 2.45) is 11.7 Å². The van der Waals surface area contributed by atoms with E-state index in [1.807, 2.05) is 0 Å². The Kier molecular flexibility index (Phi) is 3.28. The first kappa shape index (κ1) is 11.9. The molecule has 92 valence electrons. The molecule has 0 heterocycles. The second-order valence-electron chi connectivity index (χ2n) is 4.57. The molecule has 0 amide bonds. The van der Waals surface area contributed by atoms with Crippen LogP contribution in [0.3, 0.4) is 0 Å². The number of benzene rings is 1. The molecular weight excluding hydrogens is 220 g/mol. The van der Waals surface area contributed by atoms with E-state index in [4.69, 9.17) is 5.73 Å². The van der Waals surface area contributed by atoms with Crippen LogP contribution in [-0.4, -0.2) is 10.0 Å². The Morgan fingerprint density at radius 3 is 2.65 bits per heavy atom. The second kappa shape index (κ2) is 4.71. The summed E-state index contributed by atoms with van der Waals surface area (Å²) in [6.45, 7) is 0. The molecule has 17 heavy (non-hydrogen) atoms. The lowest BCUT2D eigenvalue weighted by molar-refractivity contribution is -0.385. The van der Waals surface area contributed by atoms with Crippen molar-refractivity contribution in [2.45, 2.75) is 31.7 Å². The Hall–Kier alpha value is -1.62. The number of aromatic hydroxyl groups is 1. The highest BCUT2D eigenvalue weighted by Crippen LogP contribution is 2.38. The van der Waals surface area contributed by atoms with E-state index in [1.54, 1.807) is 0 Å². The van der Waals surface area contributed by atoms with Gasteiger partial charge in [0.05, 0.1) is 4.92 Å². The fraction of sp³-hybridized carbons (Fsp3) is 0.500. The highest BCUT2D eigenvalue weighted by Gasteiger charge is 2.26. The molecule has 1 aliphatic rings. The monoisotopic (exact) mass is 236 g/mol. The third-order valence-electron chi connectivity index (χ3n) is 3.49. The maximum atomic E-state index is 10.7. The van der Waals surface area contributed by atoms with Crippen molar-refractivity contribution in [1.82, 2.24) is 0 Å². The maximum absolute atomic E-state index is 10.7. The summed E-state index contributed by atoms with van der Waals surface area (Å²) >= 11 is 0. The fourth-order valence-corrected chi connectivity index (χ4v) is 2.49. The average Bonchev–Trinajstić information content (AvgIpc) is 2.81. The number of nitro benzene ring substituents is 1. The molecule has 1 atom stereocenters. The molecule has 0 saturated heterocycles. The molecule has 5 nitrogen and oxygen atoms in total. The first-order valence-corrected chi connectivity index (χ1v) is 5.82. The van der Waals surface area contributed by atoms with Crippen molar-refractivity contribution in [3.63, 3.8) is 0 Å². The number of nitrogens with two attached hydrogens (primary N) is 1. The predicted octanol–water partition coefficient (Wildman–Crippen LogP) is 2.49. The van der Waals surface area contributed by atoms with E-state index in [9.17, 15) is 15.2 Å². The smallest absolute Gasteiger partial charge is 0.270 e. The van der Waals surface area contributed by atoms with Gasteiger partial charge in [0, 0.05) is 23.7 Å². The zero-order chi connectivity index (χ0) is 12.4. The first-order chi connectivity index (χ1) is 8.09. The molecule has 0 unspecified atom stereocenters. The minimum atomic E-state index is -0.468. The van der Waals surface area contributed by atoms with Crippen molar-refractivity contribution >= 4 is 5.69 Å². The summed E-state index contributed by atoms with van der Waals surface area (Å²) in [5.74, 6) is 0.373. The Balaban J connectivity index is 2.29. The van der Waals surface area contributed by atoms with E-state index < -0.39 is 4.92 Å². The van der Waals surface area contributed by atoms with Crippen molar-refractivity contribution in [1.29, 1.82) is 0 Å². The van der Waals surface area contributed by atoms with E-state index >= 15 is 0 Å². The molecule has 1 aromatic rings. The minimum absolute atomic E-state index is 0.0220. The van der Waals surface area contributed by atoms with Gasteiger partial charge in [-0.05, 0) is 24.8 Å². The van der Waals surface area contributed by atoms with E-state index in [-0.39, 0.29) is 17.5 Å².